The van der Waals surface area contributed by atoms with Crippen molar-refractivity contribution in [1.29, 1.82) is 0 Å². The number of rotatable bonds is 8. The normalized spacial score (nSPS) is 11.2. The fraction of sp³-hybridized carbons (Fsp3) is 0.158. The minimum Gasteiger partial charge on any atom is -0.744 e. The van der Waals surface area contributed by atoms with Crippen LogP contribution in [-0.4, -0.2) is 38.1 Å². The summed E-state index contributed by atoms with van der Waals surface area (Å²) in [6.45, 7) is 4.73. The molecule has 0 saturated heterocycles. The molecule has 184 valence electrons. The fourth-order valence-corrected chi connectivity index (χ4v) is 4.97. The summed E-state index contributed by atoms with van der Waals surface area (Å²) in [5.41, 5.74) is -0.112. The lowest BCUT2D eigenvalue weighted by Gasteiger charge is -2.15. The molecule has 0 saturated carbocycles. The average Bonchev–Trinajstić information content (AvgIpc) is 2.72. The SMILES string of the molecule is C=C(C)C(=O)OCCOc1c(I)cc(C(=O)Oc2c(F)c(F)c(S(=O)(=O)[O-])c(F)c2F)cc1I. The molecule has 0 aliphatic carbocycles. The first kappa shape index (κ1) is 28.2. The molecule has 0 spiro atoms. The number of carbonyl (C=O) groups excluding carboxylic acids is 2. The molecule has 0 unspecified atom stereocenters. The molecule has 0 N–H and O–H groups in total. The van der Waals surface area contributed by atoms with Gasteiger partial charge in [0, 0.05) is 5.57 Å². The Labute approximate surface area is 217 Å². The molecule has 0 bridgehead atoms. The van der Waals surface area contributed by atoms with Gasteiger partial charge < -0.3 is 18.8 Å². The summed E-state index contributed by atoms with van der Waals surface area (Å²) < 4.78 is 104. The van der Waals surface area contributed by atoms with Crippen LogP contribution in [0.2, 0.25) is 0 Å². The van der Waals surface area contributed by atoms with Crippen molar-refractivity contribution in [3.05, 3.63) is 60.3 Å². The number of benzene rings is 2. The number of ether oxygens (including phenoxy) is 3. The Morgan fingerprint density at radius 1 is 0.971 bits per heavy atom. The predicted octanol–water partition coefficient (Wildman–Crippen LogP) is 4.07. The lowest BCUT2D eigenvalue weighted by Crippen LogP contribution is -2.17. The van der Waals surface area contributed by atoms with E-state index in [0.717, 1.165) is 0 Å². The molecule has 8 nitrogen and oxygen atoms in total. The van der Waals surface area contributed by atoms with Crippen molar-refractivity contribution in [2.75, 3.05) is 13.2 Å². The topological polar surface area (TPSA) is 119 Å². The second kappa shape index (κ2) is 11.2. The van der Waals surface area contributed by atoms with E-state index in [1.807, 2.05) is 0 Å². The van der Waals surface area contributed by atoms with Gasteiger partial charge in [0.2, 0.25) is 17.4 Å². The van der Waals surface area contributed by atoms with Crippen molar-refractivity contribution >= 4 is 67.2 Å². The van der Waals surface area contributed by atoms with E-state index < -0.39 is 56.0 Å². The van der Waals surface area contributed by atoms with Gasteiger partial charge >= 0.3 is 11.9 Å². The highest BCUT2D eigenvalue weighted by Gasteiger charge is 2.31. The summed E-state index contributed by atoms with van der Waals surface area (Å²) in [6.07, 6.45) is 0. The summed E-state index contributed by atoms with van der Waals surface area (Å²) in [4.78, 5) is 21.3. The van der Waals surface area contributed by atoms with Crippen LogP contribution in [0.3, 0.4) is 0 Å². The van der Waals surface area contributed by atoms with Gasteiger partial charge in [-0.05, 0) is 64.2 Å². The van der Waals surface area contributed by atoms with E-state index in [1.165, 1.54) is 19.1 Å². The zero-order valence-electron chi connectivity index (χ0n) is 16.7. The van der Waals surface area contributed by atoms with Crippen LogP contribution in [0.1, 0.15) is 17.3 Å². The standard InChI is InChI=1S/C19H12F4I2O8S/c1-7(2)18(26)32-4-3-31-15-9(24)5-8(6-10(15)25)19(27)33-16-11(20)13(22)17(34(28,29)30)14(23)12(16)21/h5-6H,1,3-4H2,2H3,(H,28,29,30)/p-1. The summed E-state index contributed by atoms with van der Waals surface area (Å²) in [7, 11) is -5.91. The molecule has 34 heavy (non-hydrogen) atoms. The Morgan fingerprint density at radius 2 is 1.47 bits per heavy atom. The molecule has 0 aliphatic heterocycles. The van der Waals surface area contributed by atoms with Crippen LogP contribution in [0, 0.1) is 30.4 Å². The Kier molecular flexibility index (Phi) is 9.28. The van der Waals surface area contributed by atoms with E-state index in [4.69, 9.17) is 9.47 Å². The van der Waals surface area contributed by atoms with Crippen molar-refractivity contribution in [3.63, 3.8) is 0 Å². The number of halogens is 6. The Bertz CT molecular complexity index is 1250. The molecule has 2 aromatic rings. The van der Waals surface area contributed by atoms with E-state index >= 15 is 0 Å². The molecule has 0 radical (unpaired) electrons. The first-order valence-corrected chi connectivity index (χ1v) is 12.2. The summed E-state index contributed by atoms with van der Waals surface area (Å²) in [6, 6.07) is 2.33. The van der Waals surface area contributed by atoms with E-state index in [-0.39, 0.29) is 30.1 Å². The molecule has 0 atom stereocenters. The third kappa shape index (κ3) is 6.36. The quantitative estimate of drug-likeness (QED) is 0.0584. The second-order valence-corrected chi connectivity index (χ2v) is 9.93. The first-order valence-electron chi connectivity index (χ1n) is 8.65. The molecule has 2 aromatic carbocycles. The van der Waals surface area contributed by atoms with Crippen molar-refractivity contribution in [3.8, 4) is 11.5 Å². The molecule has 0 amide bonds. The second-order valence-electron chi connectivity index (χ2n) is 6.29. The zero-order valence-corrected chi connectivity index (χ0v) is 21.8. The summed E-state index contributed by atoms with van der Waals surface area (Å²) in [5.74, 6) is -13.5. The number of hydrogen-bond donors (Lipinski definition) is 0. The van der Waals surface area contributed by atoms with E-state index in [9.17, 15) is 40.1 Å². The Balaban J connectivity index is 2.26. The van der Waals surface area contributed by atoms with E-state index in [2.05, 4.69) is 11.3 Å². The molecular formula is C19H11F4I2O8S-. The van der Waals surface area contributed by atoms with Crippen LogP contribution in [0.5, 0.6) is 11.5 Å². The van der Waals surface area contributed by atoms with Crippen LogP contribution in [-0.2, 0) is 19.6 Å². The first-order chi connectivity index (χ1) is 15.7. The van der Waals surface area contributed by atoms with Gasteiger partial charge in [-0.25, -0.2) is 26.8 Å². The van der Waals surface area contributed by atoms with Crippen LogP contribution >= 0.6 is 45.2 Å². The molecule has 15 heteroatoms. The lowest BCUT2D eigenvalue weighted by molar-refractivity contribution is -0.139. The molecule has 0 aromatic heterocycles. The number of carbonyl (C=O) groups is 2. The number of hydrogen-bond acceptors (Lipinski definition) is 8. The molecule has 0 heterocycles. The molecule has 2 rings (SSSR count). The smallest absolute Gasteiger partial charge is 0.343 e. The van der Waals surface area contributed by atoms with Gasteiger partial charge in [0.15, 0.2) is 11.6 Å². The highest BCUT2D eigenvalue weighted by molar-refractivity contribution is 14.1. The van der Waals surface area contributed by atoms with Crippen molar-refractivity contribution in [2.45, 2.75) is 11.8 Å². The maximum absolute atomic E-state index is 14.1. The summed E-state index contributed by atoms with van der Waals surface area (Å²) in [5, 5.41) is 0. The van der Waals surface area contributed by atoms with Gasteiger partial charge in [0.1, 0.15) is 34.0 Å². The van der Waals surface area contributed by atoms with Crippen molar-refractivity contribution < 1.29 is 54.3 Å². The highest BCUT2D eigenvalue weighted by atomic mass is 127. The summed E-state index contributed by atoms with van der Waals surface area (Å²) >= 11 is 3.52. The highest BCUT2D eigenvalue weighted by Crippen LogP contribution is 2.34. The van der Waals surface area contributed by atoms with Gasteiger partial charge in [-0.15, -0.1) is 0 Å². The Morgan fingerprint density at radius 3 is 1.91 bits per heavy atom. The third-order valence-corrected chi connectivity index (χ3v) is 6.23. The van der Waals surface area contributed by atoms with Crippen molar-refractivity contribution in [2.24, 2.45) is 0 Å². The van der Waals surface area contributed by atoms with Crippen LogP contribution in [0.4, 0.5) is 17.6 Å². The minimum atomic E-state index is -5.91. The predicted molar refractivity (Wildman–Crippen MR) is 122 cm³/mol. The third-order valence-electron chi connectivity index (χ3n) is 3.77. The van der Waals surface area contributed by atoms with Crippen LogP contribution in [0.25, 0.3) is 0 Å². The van der Waals surface area contributed by atoms with Crippen LogP contribution in [0.15, 0.2) is 29.2 Å². The maximum atomic E-state index is 14.1. The van der Waals surface area contributed by atoms with Gasteiger partial charge in [-0.1, -0.05) is 6.58 Å². The monoisotopic (exact) mass is 729 g/mol. The maximum Gasteiger partial charge on any atom is 0.343 e. The van der Waals surface area contributed by atoms with E-state index in [1.54, 1.807) is 45.2 Å². The van der Waals surface area contributed by atoms with E-state index in [0.29, 0.717) is 7.14 Å². The van der Waals surface area contributed by atoms with Crippen molar-refractivity contribution in [1.82, 2.24) is 0 Å². The van der Waals surface area contributed by atoms with Gasteiger partial charge in [0.05, 0.1) is 12.7 Å². The molecule has 0 aliphatic rings. The van der Waals surface area contributed by atoms with Gasteiger partial charge in [0.25, 0.3) is 0 Å². The Hall–Kier alpha value is -1.99. The van der Waals surface area contributed by atoms with Gasteiger partial charge in [-0.3, -0.25) is 0 Å². The largest absolute Gasteiger partial charge is 0.744 e. The van der Waals surface area contributed by atoms with Crippen LogP contribution < -0.4 is 9.47 Å². The minimum absolute atomic E-state index is 0.0568. The average molecular weight is 729 g/mol. The van der Waals surface area contributed by atoms with Gasteiger partial charge in [-0.2, -0.15) is 8.78 Å². The molecule has 0 fully saturated rings. The zero-order chi connectivity index (χ0) is 26.0. The molecular weight excluding hydrogens is 718 g/mol. The fourth-order valence-electron chi connectivity index (χ4n) is 2.27. The lowest BCUT2D eigenvalue weighted by atomic mass is 10.2. The number of esters is 2.